The Hall–Kier alpha value is -1.60. The number of hydrogen-bond donors (Lipinski definition) is 1. The van der Waals surface area contributed by atoms with Gasteiger partial charge in [-0.3, -0.25) is 14.4 Å². The summed E-state index contributed by atoms with van der Waals surface area (Å²) in [7, 11) is 1.71. The van der Waals surface area contributed by atoms with Crippen molar-refractivity contribution in [2.45, 2.75) is 19.9 Å². The second-order valence-electron chi connectivity index (χ2n) is 5.24. The minimum Gasteiger partial charge on any atom is -0.396 e. The highest BCUT2D eigenvalue weighted by molar-refractivity contribution is 5.97. The van der Waals surface area contributed by atoms with Crippen molar-refractivity contribution in [3.05, 3.63) is 11.9 Å². The summed E-state index contributed by atoms with van der Waals surface area (Å²) >= 11 is 0. The van der Waals surface area contributed by atoms with E-state index in [9.17, 15) is 4.79 Å². The van der Waals surface area contributed by atoms with Crippen molar-refractivity contribution < 1.29 is 9.53 Å². The van der Waals surface area contributed by atoms with Gasteiger partial charge < -0.3 is 15.4 Å². The molecule has 1 fully saturated rings. The maximum absolute atomic E-state index is 12.7. The van der Waals surface area contributed by atoms with Crippen LogP contribution in [0.3, 0.4) is 0 Å². The van der Waals surface area contributed by atoms with Gasteiger partial charge in [0.1, 0.15) is 5.69 Å². The standard InChI is InChI=1S/C14H25N5O2/c1-3-19-13(12(15)11-16-19)14(20)18-6-4-5-17(7-8-18)9-10-21-2/h11H,3-10,15H2,1-2H3. The average molecular weight is 295 g/mol. The van der Waals surface area contributed by atoms with E-state index in [-0.39, 0.29) is 5.91 Å². The molecule has 0 aliphatic carbocycles. The summed E-state index contributed by atoms with van der Waals surface area (Å²) in [6.07, 6.45) is 2.52. The monoisotopic (exact) mass is 295 g/mol. The molecule has 7 nitrogen and oxygen atoms in total. The van der Waals surface area contributed by atoms with Crippen molar-refractivity contribution in [3.63, 3.8) is 0 Å². The number of aromatic nitrogens is 2. The highest BCUT2D eigenvalue weighted by atomic mass is 16.5. The number of hydrogen-bond acceptors (Lipinski definition) is 5. The lowest BCUT2D eigenvalue weighted by atomic mass is 10.3. The van der Waals surface area contributed by atoms with Gasteiger partial charge in [-0.1, -0.05) is 0 Å². The normalized spacial score (nSPS) is 17.0. The van der Waals surface area contributed by atoms with E-state index in [2.05, 4.69) is 10.00 Å². The molecule has 118 valence electrons. The van der Waals surface area contributed by atoms with Crippen LogP contribution in [-0.4, -0.2) is 71.9 Å². The van der Waals surface area contributed by atoms with E-state index in [1.165, 1.54) is 0 Å². The number of ether oxygens (including phenoxy) is 1. The molecule has 2 rings (SSSR count). The first-order valence-electron chi connectivity index (χ1n) is 7.49. The van der Waals surface area contributed by atoms with Gasteiger partial charge in [0.05, 0.1) is 18.5 Å². The number of aryl methyl sites for hydroxylation is 1. The Bertz CT molecular complexity index is 474. The molecule has 0 aromatic carbocycles. The van der Waals surface area contributed by atoms with Crippen LogP contribution in [0.15, 0.2) is 6.20 Å². The van der Waals surface area contributed by atoms with Crippen molar-refractivity contribution in [3.8, 4) is 0 Å². The van der Waals surface area contributed by atoms with Crippen LogP contribution >= 0.6 is 0 Å². The average Bonchev–Trinajstić information content (AvgIpc) is 2.71. The summed E-state index contributed by atoms with van der Waals surface area (Å²) in [6.45, 7) is 7.58. The molecular formula is C14H25N5O2. The summed E-state index contributed by atoms with van der Waals surface area (Å²) < 4.78 is 6.79. The van der Waals surface area contributed by atoms with Crippen molar-refractivity contribution in [1.29, 1.82) is 0 Å². The fourth-order valence-corrected chi connectivity index (χ4v) is 2.64. The van der Waals surface area contributed by atoms with Crippen LogP contribution in [0.1, 0.15) is 23.8 Å². The lowest BCUT2D eigenvalue weighted by Gasteiger charge is -2.22. The molecule has 0 spiro atoms. The molecule has 1 aromatic rings. The zero-order chi connectivity index (χ0) is 15.2. The number of nitrogen functional groups attached to an aromatic ring is 1. The summed E-state index contributed by atoms with van der Waals surface area (Å²) in [5, 5.41) is 4.15. The van der Waals surface area contributed by atoms with E-state index in [1.807, 2.05) is 11.8 Å². The summed E-state index contributed by atoms with van der Waals surface area (Å²) in [4.78, 5) is 16.9. The van der Waals surface area contributed by atoms with Gasteiger partial charge in [-0.05, 0) is 19.9 Å². The summed E-state index contributed by atoms with van der Waals surface area (Å²) in [6, 6.07) is 0. The molecule has 0 saturated carbocycles. The minimum absolute atomic E-state index is 0.0135. The molecule has 1 aliphatic heterocycles. The smallest absolute Gasteiger partial charge is 0.274 e. The molecule has 21 heavy (non-hydrogen) atoms. The highest BCUT2D eigenvalue weighted by Gasteiger charge is 2.24. The van der Waals surface area contributed by atoms with Gasteiger partial charge in [-0.15, -0.1) is 0 Å². The Morgan fingerprint density at radius 2 is 2.19 bits per heavy atom. The fourth-order valence-electron chi connectivity index (χ4n) is 2.64. The van der Waals surface area contributed by atoms with Crippen molar-refractivity contribution in [1.82, 2.24) is 19.6 Å². The van der Waals surface area contributed by atoms with Gasteiger partial charge in [0, 0.05) is 39.8 Å². The first-order valence-corrected chi connectivity index (χ1v) is 7.49. The quantitative estimate of drug-likeness (QED) is 0.844. The van der Waals surface area contributed by atoms with Gasteiger partial charge in [0.15, 0.2) is 0 Å². The third kappa shape index (κ3) is 3.74. The van der Waals surface area contributed by atoms with E-state index < -0.39 is 0 Å². The van der Waals surface area contributed by atoms with Gasteiger partial charge in [-0.2, -0.15) is 5.10 Å². The molecule has 0 unspecified atom stereocenters. The van der Waals surface area contributed by atoms with Crippen molar-refractivity contribution in [2.24, 2.45) is 0 Å². The number of methoxy groups -OCH3 is 1. The topological polar surface area (TPSA) is 76.6 Å². The van der Waals surface area contributed by atoms with Crippen molar-refractivity contribution in [2.75, 3.05) is 52.2 Å². The molecule has 0 atom stereocenters. The van der Waals surface area contributed by atoms with E-state index in [1.54, 1.807) is 18.0 Å². The van der Waals surface area contributed by atoms with Crippen LogP contribution in [-0.2, 0) is 11.3 Å². The molecule has 0 bridgehead atoms. The van der Waals surface area contributed by atoms with Crippen LogP contribution in [0.25, 0.3) is 0 Å². The zero-order valence-electron chi connectivity index (χ0n) is 12.9. The Balaban J connectivity index is 2.01. The molecule has 0 radical (unpaired) electrons. The number of nitrogens with two attached hydrogens (primary N) is 1. The first kappa shape index (κ1) is 15.8. The van der Waals surface area contributed by atoms with Crippen molar-refractivity contribution >= 4 is 11.6 Å². The number of amides is 1. The Morgan fingerprint density at radius 3 is 2.90 bits per heavy atom. The molecular weight excluding hydrogens is 270 g/mol. The molecule has 1 saturated heterocycles. The maximum Gasteiger partial charge on any atom is 0.274 e. The van der Waals surface area contributed by atoms with E-state index in [4.69, 9.17) is 10.5 Å². The highest BCUT2D eigenvalue weighted by Crippen LogP contribution is 2.15. The Labute approximate surface area is 125 Å². The first-order chi connectivity index (χ1) is 10.2. The Morgan fingerprint density at radius 1 is 1.38 bits per heavy atom. The Kier molecular flexibility index (Phi) is 5.58. The second kappa shape index (κ2) is 7.42. The van der Waals surface area contributed by atoms with Gasteiger partial charge in [0.25, 0.3) is 5.91 Å². The SMILES string of the molecule is CCn1ncc(N)c1C(=O)N1CCCN(CCOC)CC1. The van der Waals surface area contributed by atoms with Crippen LogP contribution in [0, 0.1) is 0 Å². The molecule has 2 N–H and O–H groups in total. The van der Waals surface area contributed by atoms with Gasteiger partial charge in [0.2, 0.25) is 0 Å². The second-order valence-corrected chi connectivity index (χ2v) is 5.24. The van der Waals surface area contributed by atoms with Gasteiger partial charge >= 0.3 is 0 Å². The zero-order valence-corrected chi connectivity index (χ0v) is 12.9. The number of carbonyl (C=O) groups excluding carboxylic acids is 1. The number of carbonyl (C=O) groups is 1. The lowest BCUT2D eigenvalue weighted by molar-refractivity contribution is 0.0748. The number of nitrogens with zero attached hydrogens (tertiary/aromatic N) is 4. The lowest BCUT2D eigenvalue weighted by Crippen LogP contribution is -2.37. The third-order valence-corrected chi connectivity index (χ3v) is 3.86. The summed E-state index contributed by atoms with van der Waals surface area (Å²) in [5.41, 5.74) is 6.88. The fraction of sp³-hybridized carbons (Fsp3) is 0.714. The van der Waals surface area contributed by atoms with Crippen LogP contribution in [0.4, 0.5) is 5.69 Å². The number of rotatable bonds is 5. The van der Waals surface area contributed by atoms with E-state index in [0.29, 0.717) is 17.9 Å². The van der Waals surface area contributed by atoms with Crippen LogP contribution < -0.4 is 5.73 Å². The van der Waals surface area contributed by atoms with Crippen LogP contribution in [0.5, 0.6) is 0 Å². The number of anilines is 1. The predicted molar refractivity (Wildman–Crippen MR) is 81.1 cm³/mol. The molecule has 2 heterocycles. The maximum atomic E-state index is 12.7. The predicted octanol–water partition coefficient (Wildman–Crippen LogP) is 0.280. The summed E-state index contributed by atoms with van der Waals surface area (Å²) in [5.74, 6) is -0.0135. The van der Waals surface area contributed by atoms with Crippen LogP contribution in [0.2, 0.25) is 0 Å². The molecule has 1 amide bonds. The molecule has 7 heteroatoms. The molecule has 1 aromatic heterocycles. The minimum atomic E-state index is -0.0135. The van der Waals surface area contributed by atoms with E-state index >= 15 is 0 Å². The third-order valence-electron chi connectivity index (χ3n) is 3.86. The van der Waals surface area contributed by atoms with E-state index in [0.717, 1.165) is 45.8 Å². The van der Waals surface area contributed by atoms with Gasteiger partial charge in [-0.25, -0.2) is 0 Å². The molecule has 1 aliphatic rings. The largest absolute Gasteiger partial charge is 0.396 e.